The molecule has 0 radical (unpaired) electrons. The van der Waals surface area contributed by atoms with Crippen LogP contribution in [-0.4, -0.2) is 38.1 Å². The Morgan fingerprint density at radius 2 is 2.19 bits per heavy atom. The standard InChI is InChI=1S/C15H23ClN2O2S/c1-3-13-11-18(21(2,19)20)8-7-15(13)17-10-12-5-4-6-14(16)9-12/h4-6,9,13,15,17H,3,7-8,10-11H2,1-2H3/t13-,15+/m0/s1. The number of piperidine rings is 1. The summed E-state index contributed by atoms with van der Waals surface area (Å²) in [6.45, 7) is 4.09. The highest BCUT2D eigenvalue weighted by atomic mass is 35.5. The Balaban J connectivity index is 1.95. The minimum atomic E-state index is -3.08. The van der Waals surface area contributed by atoms with Gasteiger partial charge in [0.2, 0.25) is 10.0 Å². The van der Waals surface area contributed by atoms with Crippen molar-refractivity contribution in [2.75, 3.05) is 19.3 Å². The van der Waals surface area contributed by atoms with E-state index in [0.29, 0.717) is 25.0 Å². The zero-order valence-corrected chi connectivity index (χ0v) is 14.1. The molecule has 0 aromatic heterocycles. The van der Waals surface area contributed by atoms with Gasteiger partial charge in [-0.1, -0.05) is 37.1 Å². The van der Waals surface area contributed by atoms with E-state index < -0.39 is 10.0 Å². The third-order valence-electron chi connectivity index (χ3n) is 4.15. The first-order valence-electron chi connectivity index (χ1n) is 7.33. The number of nitrogens with one attached hydrogen (secondary N) is 1. The van der Waals surface area contributed by atoms with E-state index in [0.717, 1.165) is 30.0 Å². The van der Waals surface area contributed by atoms with Gasteiger partial charge >= 0.3 is 0 Å². The van der Waals surface area contributed by atoms with Crippen LogP contribution in [0.15, 0.2) is 24.3 Å². The van der Waals surface area contributed by atoms with Gasteiger partial charge in [-0.2, -0.15) is 0 Å². The molecule has 0 amide bonds. The van der Waals surface area contributed by atoms with Crippen LogP contribution in [0.4, 0.5) is 0 Å². The maximum absolute atomic E-state index is 11.7. The van der Waals surface area contributed by atoms with E-state index in [1.54, 1.807) is 4.31 Å². The minimum Gasteiger partial charge on any atom is -0.310 e. The molecule has 6 heteroatoms. The summed E-state index contributed by atoms with van der Waals surface area (Å²) in [5.74, 6) is 0.354. The number of rotatable bonds is 5. The molecule has 4 nitrogen and oxygen atoms in total. The van der Waals surface area contributed by atoms with Crippen molar-refractivity contribution < 1.29 is 8.42 Å². The zero-order chi connectivity index (χ0) is 15.5. The molecule has 1 fully saturated rings. The van der Waals surface area contributed by atoms with Gasteiger partial charge in [-0.25, -0.2) is 12.7 Å². The Hall–Kier alpha value is -0.620. The Morgan fingerprint density at radius 3 is 2.81 bits per heavy atom. The van der Waals surface area contributed by atoms with Crippen molar-refractivity contribution in [1.29, 1.82) is 0 Å². The molecule has 21 heavy (non-hydrogen) atoms. The lowest BCUT2D eigenvalue weighted by Crippen LogP contribution is -2.50. The van der Waals surface area contributed by atoms with Gasteiger partial charge in [0.15, 0.2) is 0 Å². The fraction of sp³-hybridized carbons (Fsp3) is 0.600. The summed E-state index contributed by atoms with van der Waals surface area (Å²) < 4.78 is 24.9. The van der Waals surface area contributed by atoms with Crippen LogP contribution in [0.25, 0.3) is 0 Å². The first-order valence-corrected chi connectivity index (χ1v) is 9.55. The fourth-order valence-corrected chi connectivity index (χ4v) is 3.99. The van der Waals surface area contributed by atoms with Gasteiger partial charge in [-0.3, -0.25) is 0 Å². The first kappa shape index (κ1) is 16.7. The molecule has 1 saturated heterocycles. The predicted molar refractivity (Wildman–Crippen MR) is 86.9 cm³/mol. The predicted octanol–water partition coefficient (Wildman–Crippen LogP) is 2.49. The molecule has 1 heterocycles. The van der Waals surface area contributed by atoms with Crippen LogP contribution in [-0.2, 0) is 16.6 Å². The van der Waals surface area contributed by atoms with E-state index in [1.165, 1.54) is 6.26 Å². The minimum absolute atomic E-state index is 0.354. The molecule has 2 atom stereocenters. The third-order valence-corrected chi connectivity index (χ3v) is 5.65. The smallest absolute Gasteiger partial charge is 0.211 e. The Morgan fingerprint density at radius 1 is 1.43 bits per heavy atom. The van der Waals surface area contributed by atoms with E-state index in [2.05, 4.69) is 12.2 Å². The molecule has 1 aromatic rings. The quantitative estimate of drug-likeness (QED) is 0.902. The summed E-state index contributed by atoms with van der Waals surface area (Å²) in [6, 6.07) is 8.17. The summed E-state index contributed by atoms with van der Waals surface area (Å²) in [5.41, 5.74) is 1.16. The van der Waals surface area contributed by atoms with E-state index in [9.17, 15) is 8.42 Å². The molecular weight excluding hydrogens is 308 g/mol. The molecule has 1 aromatic carbocycles. The van der Waals surface area contributed by atoms with E-state index >= 15 is 0 Å². The van der Waals surface area contributed by atoms with Crippen molar-refractivity contribution in [1.82, 2.24) is 9.62 Å². The van der Waals surface area contributed by atoms with Crippen LogP contribution in [0.1, 0.15) is 25.3 Å². The van der Waals surface area contributed by atoms with Gasteiger partial charge in [0, 0.05) is 30.7 Å². The maximum atomic E-state index is 11.7. The van der Waals surface area contributed by atoms with Crippen LogP contribution < -0.4 is 5.32 Å². The van der Waals surface area contributed by atoms with Crippen LogP contribution >= 0.6 is 11.6 Å². The average molecular weight is 331 g/mol. The lowest BCUT2D eigenvalue weighted by molar-refractivity contribution is 0.202. The second-order valence-corrected chi connectivity index (χ2v) is 8.11. The summed E-state index contributed by atoms with van der Waals surface area (Å²) >= 11 is 5.99. The number of hydrogen-bond acceptors (Lipinski definition) is 3. The highest BCUT2D eigenvalue weighted by Gasteiger charge is 2.31. The Bertz CT molecular complexity index is 577. The number of hydrogen-bond donors (Lipinski definition) is 1. The van der Waals surface area contributed by atoms with Crippen molar-refractivity contribution >= 4 is 21.6 Å². The molecule has 0 aliphatic carbocycles. The lowest BCUT2D eigenvalue weighted by atomic mass is 9.91. The van der Waals surface area contributed by atoms with Crippen LogP contribution in [0.3, 0.4) is 0 Å². The topological polar surface area (TPSA) is 49.4 Å². The number of nitrogens with zero attached hydrogens (tertiary/aromatic N) is 1. The normalized spacial score (nSPS) is 24.1. The summed E-state index contributed by atoms with van der Waals surface area (Å²) in [7, 11) is -3.08. The number of halogens is 1. The third kappa shape index (κ3) is 4.68. The maximum Gasteiger partial charge on any atom is 0.211 e. The number of sulfonamides is 1. The molecule has 1 N–H and O–H groups in total. The van der Waals surface area contributed by atoms with Crippen molar-refractivity contribution in [2.45, 2.75) is 32.4 Å². The van der Waals surface area contributed by atoms with Crippen LogP contribution in [0, 0.1) is 5.92 Å². The van der Waals surface area contributed by atoms with Gasteiger partial charge in [-0.05, 0) is 30.0 Å². The lowest BCUT2D eigenvalue weighted by Gasteiger charge is -2.37. The molecule has 0 spiro atoms. The summed E-state index contributed by atoms with van der Waals surface area (Å²) in [4.78, 5) is 0. The van der Waals surface area contributed by atoms with Crippen LogP contribution in [0.5, 0.6) is 0 Å². The van der Waals surface area contributed by atoms with Gasteiger partial charge in [0.05, 0.1) is 6.26 Å². The fourth-order valence-electron chi connectivity index (χ4n) is 2.88. The zero-order valence-electron chi connectivity index (χ0n) is 12.5. The molecule has 0 bridgehead atoms. The second-order valence-electron chi connectivity index (χ2n) is 5.70. The van der Waals surface area contributed by atoms with E-state index in [4.69, 9.17) is 11.6 Å². The van der Waals surface area contributed by atoms with E-state index in [-0.39, 0.29) is 0 Å². The highest BCUT2D eigenvalue weighted by molar-refractivity contribution is 7.88. The molecule has 1 aliphatic rings. The van der Waals surface area contributed by atoms with Gasteiger partial charge in [-0.15, -0.1) is 0 Å². The van der Waals surface area contributed by atoms with Crippen LogP contribution in [0.2, 0.25) is 5.02 Å². The molecule has 0 saturated carbocycles. The van der Waals surface area contributed by atoms with Crippen molar-refractivity contribution in [3.8, 4) is 0 Å². The number of benzene rings is 1. The Kier molecular flexibility index (Phi) is 5.66. The SMILES string of the molecule is CC[C@H]1CN(S(C)(=O)=O)CC[C@H]1NCc1cccc(Cl)c1. The average Bonchev–Trinajstić information content (AvgIpc) is 2.44. The van der Waals surface area contributed by atoms with Gasteiger partial charge < -0.3 is 5.32 Å². The highest BCUT2D eigenvalue weighted by Crippen LogP contribution is 2.22. The van der Waals surface area contributed by atoms with Crippen molar-refractivity contribution in [3.63, 3.8) is 0 Å². The monoisotopic (exact) mass is 330 g/mol. The van der Waals surface area contributed by atoms with Crippen molar-refractivity contribution in [3.05, 3.63) is 34.9 Å². The van der Waals surface area contributed by atoms with E-state index in [1.807, 2.05) is 24.3 Å². The first-order chi connectivity index (χ1) is 9.90. The van der Waals surface area contributed by atoms with Gasteiger partial charge in [0.1, 0.15) is 0 Å². The van der Waals surface area contributed by atoms with Gasteiger partial charge in [0.25, 0.3) is 0 Å². The molecule has 2 rings (SSSR count). The molecule has 1 aliphatic heterocycles. The molecule has 118 valence electrons. The molecule has 0 unspecified atom stereocenters. The summed E-state index contributed by atoms with van der Waals surface area (Å²) in [5, 5.41) is 4.30. The second kappa shape index (κ2) is 7.09. The Labute approximate surface area is 132 Å². The summed E-state index contributed by atoms with van der Waals surface area (Å²) in [6.07, 6.45) is 3.12. The largest absolute Gasteiger partial charge is 0.310 e. The molecular formula is C15H23ClN2O2S. The van der Waals surface area contributed by atoms with Crippen molar-refractivity contribution in [2.24, 2.45) is 5.92 Å².